The second-order valence-corrected chi connectivity index (χ2v) is 5.06. The number of aromatic nitrogens is 1. The van der Waals surface area contributed by atoms with Crippen LogP contribution in [0.5, 0.6) is 0 Å². The third-order valence-electron chi connectivity index (χ3n) is 2.77. The molecule has 18 heavy (non-hydrogen) atoms. The maximum absolute atomic E-state index is 11.9. The van der Waals surface area contributed by atoms with Crippen LogP contribution in [0, 0.1) is 5.92 Å². The molecule has 3 N–H and O–H groups in total. The Kier molecular flexibility index (Phi) is 6.09. The molecule has 0 aromatic carbocycles. The molecule has 1 aromatic heterocycles. The van der Waals surface area contributed by atoms with Gasteiger partial charge in [0, 0.05) is 18.2 Å². The quantitative estimate of drug-likeness (QED) is 0.834. The van der Waals surface area contributed by atoms with Crippen molar-refractivity contribution in [2.75, 3.05) is 5.32 Å². The number of halogens is 1. The van der Waals surface area contributed by atoms with Crippen LogP contribution in [0.1, 0.15) is 33.1 Å². The number of nitrogens with zero attached hydrogens (tertiary/aromatic N) is 1. The SMILES string of the molecule is CC(N)CCCC(C)C(=O)Nc1cnccc1Cl. The molecule has 0 aliphatic rings. The topological polar surface area (TPSA) is 68.0 Å². The average molecular weight is 270 g/mol. The zero-order valence-corrected chi connectivity index (χ0v) is 11.6. The summed E-state index contributed by atoms with van der Waals surface area (Å²) in [7, 11) is 0. The first-order valence-corrected chi connectivity index (χ1v) is 6.54. The highest BCUT2D eigenvalue weighted by molar-refractivity contribution is 6.33. The van der Waals surface area contributed by atoms with E-state index in [2.05, 4.69) is 10.3 Å². The number of amides is 1. The number of hydrogen-bond donors (Lipinski definition) is 2. The molecule has 0 aliphatic heterocycles. The summed E-state index contributed by atoms with van der Waals surface area (Å²) in [6, 6.07) is 1.84. The summed E-state index contributed by atoms with van der Waals surface area (Å²) in [6.07, 6.45) is 5.85. The zero-order valence-electron chi connectivity index (χ0n) is 10.8. The fraction of sp³-hybridized carbons (Fsp3) is 0.538. The number of anilines is 1. The Labute approximate surface area is 113 Å². The summed E-state index contributed by atoms with van der Waals surface area (Å²) in [5.74, 6) is -0.0883. The number of carbonyl (C=O) groups is 1. The van der Waals surface area contributed by atoms with Crippen molar-refractivity contribution in [2.24, 2.45) is 11.7 Å². The third-order valence-corrected chi connectivity index (χ3v) is 3.10. The third kappa shape index (κ3) is 5.02. The normalized spacial score (nSPS) is 14.0. The minimum Gasteiger partial charge on any atom is -0.328 e. The van der Waals surface area contributed by atoms with Crippen molar-refractivity contribution in [3.05, 3.63) is 23.5 Å². The number of pyridine rings is 1. The molecule has 0 radical (unpaired) electrons. The van der Waals surface area contributed by atoms with Gasteiger partial charge in [-0.1, -0.05) is 24.9 Å². The lowest BCUT2D eigenvalue weighted by Crippen LogP contribution is -2.21. The Morgan fingerprint density at radius 1 is 1.50 bits per heavy atom. The van der Waals surface area contributed by atoms with Gasteiger partial charge in [-0.25, -0.2) is 0 Å². The van der Waals surface area contributed by atoms with E-state index in [9.17, 15) is 4.79 Å². The summed E-state index contributed by atoms with van der Waals surface area (Å²) in [5, 5.41) is 3.28. The molecule has 100 valence electrons. The van der Waals surface area contributed by atoms with Crippen LogP contribution < -0.4 is 11.1 Å². The molecule has 1 amide bonds. The molecule has 0 aliphatic carbocycles. The number of nitrogens with two attached hydrogens (primary N) is 1. The van der Waals surface area contributed by atoms with Gasteiger partial charge >= 0.3 is 0 Å². The smallest absolute Gasteiger partial charge is 0.227 e. The first kappa shape index (κ1) is 14.9. The lowest BCUT2D eigenvalue weighted by Gasteiger charge is -2.13. The van der Waals surface area contributed by atoms with Gasteiger partial charge in [0.05, 0.1) is 16.9 Å². The van der Waals surface area contributed by atoms with Crippen molar-refractivity contribution in [1.82, 2.24) is 4.98 Å². The molecular formula is C13H20ClN3O. The number of nitrogens with one attached hydrogen (secondary N) is 1. The number of carbonyl (C=O) groups excluding carboxylic acids is 1. The zero-order chi connectivity index (χ0) is 13.5. The van der Waals surface area contributed by atoms with Crippen molar-refractivity contribution >= 4 is 23.2 Å². The monoisotopic (exact) mass is 269 g/mol. The van der Waals surface area contributed by atoms with E-state index < -0.39 is 0 Å². The fourth-order valence-corrected chi connectivity index (χ4v) is 1.75. The molecule has 1 heterocycles. The van der Waals surface area contributed by atoms with Gasteiger partial charge in [0.1, 0.15) is 0 Å². The molecule has 4 nitrogen and oxygen atoms in total. The van der Waals surface area contributed by atoms with Gasteiger partial charge in [0.2, 0.25) is 5.91 Å². The highest BCUT2D eigenvalue weighted by Gasteiger charge is 2.14. The van der Waals surface area contributed by atoms with Crippen molar-refractivity contribution in [3.8, 4) is 0 Å². The molecule has 2 unspecified atom stereocenters. The first-order valence-electron chi connectivity index (χ1n) is 6.16. The van der Waals surface area contributed by atoms with Gasteiger partial charge in [-0.2, -0.15) is 0 Å². The van der Waals surface area contributed by atoms with E-state index in [1.54, 1.807) is 18.5 Å². The van der Waals surface area contributed by atoms with E-state index in [0.717, 1.165) is 19.3 Å². The van der Waals surface area contributed by atoms with Gasteiger partial charge in [0.15, 0.2) is 0 Å². The molecule has 0 spiro atoms. The maximum atomic E-state index is 11.9. The lowest BCUT2D eigenvalue weighted by atomic mass is 10.0. The van der Waals surface area contributed by atoms with Gasteiger partial charge in [-0.05, 0) is 25.8 Å². The standard InChI is InChI=1S/C13H20ClN3O/c1-9(4-3-5-10(2)15)13(18)17-12-8-16-7-6-11(12)14/h6-10H,3-5,15H2,1-2H3,(H,17,18). The molecule has 1 rings (SSSR count). The van der Waals surface area contributed by atoms with E-state index in [4.69, 9.17) is 17.3 Å². The maximum Gasteiger partial charge on any atom is 0.227 e. The van der Waals surface area contributed by atoms with Crippen molar-refractivity contribution in [1.29, 1.82) is 0 Å². The Morgan fingerprint density at radius 3 is 2.83 bits per heavy atom. The van der Waals surface area contributed by atoms with E-state index in [0.29, 0.717) is 10.7 Å². The van der Waals surface area contributed by atoms with E-state index in [1.807, 2.05) is 13.8 Å². The Hall–Kier alpha value is -1.13. The Balaban J connectivity index is 2.43. The van der Waals surface area contributed by atoms with Crippen LogP contribution in [-0.2, 0) is 4.79 Å². The van der Waals surface area contributed by atoms with Crippen LogP contribution in [0.15, 0.2) is 18.5 Å². The van der Waals surface area contributed by atoms with Gasteiger partial charge in [-0.15, -0.1) is 0 Å². The van der Waals surface area contributed by atoms with Crippen LogP contribution in [0.4, 0.5) is 5.69 Å². The molecular weight excluding hydrogens is 250 g/mol. The summed E-state index contributed by atoms with van der Waals surface area (Å²) in [6.45, 7) is 3.88. The lowest BCUT2D eigenvalue weighted by molar-refractivity contribution is -0.119. The van der Waals surface area contributed by atoms with E-state index >= 15 is 0 Å². The van der Waals surface area contributed by atoms with Gasteiger partial charge < -0.3 is 11.1 Å². The minimum atomic E-state index is -0.0555. The first-order chi connectivity index (χ1) is 8.50. The Bertz CT molecular complexity index is 396. The van der Waals surface area contributed by atoms with Crippen molar-refractivity contribution < 1.29 is 4.79 Å². The molecule has 0 saturated heterocycles. The van der Waals surface area contributed by atoms with Crippen LogP contribution in [0.3, 0.4) is 0 Å². The Morgan fingerprint density at radius 2 is 2.22 bits per heavy atom. The van der Waals surface area contributed by atoms with Crippen LogP contribution in [0.25, 0.3) is 0 Å². The summed E-state index contributed by atoms with van der Waals surface area (Å²) in [5.41, 5.74) is 6.23. The molecule has 2 atom stereocenters. The van der Waals surface area contributed by atoms with Gasteiger partial charge in [0.25, 0.3) is 0 Å². The molecule has 0 bridgehead atoms. The number of hydrogen-bond acceptors (Lipinski definition) is 3. The minimum absolute atomic E-state index is 0.0328. The second kappa shape index (κ2) is 7.34. The van der Waals surface area contributed by atoms with E-state index in [1.165, 1.54) is 0 Å². The van der Waals surface area contributed by atoms with Gasteiger partial charge in [-0.3, -0.25) is 9.78 Å². The summed E-state index contributed by atoms with van der Waals surface area (Å²) < 4.78 is 0. The van der Waals surface area contributed by atoms with Crippen LogP contribution in [-0.4, -0.2) is 16.9 Å². The highest BCUT2D eigenvalue weighted by Crippen LogP contribution is 2.20. The molecule has 5 heteroatoms. The van der Waals surface area contributed by atoms with Crippen molar-refractivity contribution in [2.45, 2.75) is 39.2 Å². The van der Waals surface area contributed by atoms with Crippen molar-refractivity contribution in [3.63, 3.8) is 0 Å². The predicted octanol–water partition coefficient (Wildman–Crippen LogP) is 2.83. The second-order valence-electron chi connectivity index (χ2n) is 4.65. The fourth-order valence-electron chi connectivity index (χ4n) is 1.60. The van der Waals surface area contributed by atoms with Crippen LogP contribution in [0.2, 0.25) is 5.02 Å². The largest absolute Gasteiger partial charge is 0.328 e. The van der Waals surface area contributed by atoms with Crippen LogP contribution >= 0.6 is 11.6 Å². The summed E-state index contributed by atoms with van der Waals surface area (Å²) in [4.78, 5) is 15.8. The molecule has 0 fully saturated rings. The highest BCUT2D eigenvalue weighted by atomic mass is 35.5. The average Bonchev–Trinajstić information content (AvgIpc) is 2.31. The van der Waals surface area contributed by atoms with E-state index in [-0.39, 0.29) is 17.9 Å². The summed E-state index contributed by atoms with van der Waals surface area (Å²) >= 11 is 5.95. The number of rotatable bonds is 6. The predicted molar refractivity (Wildman–Crippen MR) is 74.5 cm³/mol. The molecule has 0 saturated carbocycles. The molecule has 1 aromatic rings.